The van der Waals surface area contributed by atoms with Gasteiger partial charge in [0.15, 0.2) is 0 Å². The molecular formula is C19H16N2OS2. The predicted molar refractivity (Wildman–Crippen MR) is 101 cm³/mol. The zero-order chi connectivity index (χ0) is 16.5. The van der Waals surface area contributed by atoms with Gasteiger partial charge in [-0.3, -0.25) is 9.69 Å². The van der Waals surface area contributed by atoms with Crippen molar-refractivity contribution < 1.29 is 4.79 Å². The Morgan fingerprint density at radius 2 is 1.71 bits per heavy atom. The summed E-state index contributed by atoms with van der Waals surface area (Å²) in [5.41, 5.74) is 3.08. The van der Waals surface area contributed by atoms with Gasteiger partial charge < -0.3 is 0 Å². The summed E-state index contributed by atoms with van der Waals surface area (Å²) in [6.07, 6.45) is 0. The largest absolute Gasteiger partial charge is 0.294 e. The first-order chi connectivity index (χ1) is 11.7. The van der Waals surface area contributed by atoms with Crippen molar-refractivity contribution in [1.29, 1.82) is 0 Å². The molecule has 1 aliphatic rings. The molecule has 4 rings (SSSR count). The fourth-order valence-corrected chi connectivity index (χ4v) is 5.37. The minimum absolute atomic E-state index is 0.00913. The number of amides is 1. The predicted octanol–water partition coefficient (Wildman–Crippen LogP) is 4.90. The molecule has 0 spiro atoms. The van der Waals surface area contributed by atoms with Gasteiger partial charge in [-0.05, 0) is 19.1 Å². The molecule has 1 saturated heterocycles. The summed E-state index contributed by atoms with van der Waals surface area (Å²) >= 11 is 3.36. The summed E-state index contributed by atoms with van der Waals surface area (Å²) in [7, 11) is 0. The third kappa shape index (κ3) is 2.74. The summed E-state index contributed by atoms with van der Waals surface area (Å²) in [6, 6.07) is 20.1. The van der Waals surface area contributed by atoms with Crippen molar-refractivity contribution in [2.24, 2.45) is 0 Å². The lowest BCUT2D eigenvalue weighted by atomic mass is 10.2. The van der Waals surface area contributed by atoms with Crippen LogP contribution in [-0.2, 0) is 4.79 Å². The van der Waals surface area contributed by atoms with Crippen LogP contribution < -0.4 is 4.90 Å². The number of hydrogen-bond acceptors (Lipinski definition) is 4. The summed E-state index contributed by atoms with van der Waals surface area (Å²) in [4.78, 5) is 20.2. The number of rotatable bonds is 3. The Kier molecular flexibility index (Phi) is 4.12. The molecule has 1 aliphatic heterocycles. The standard InChI is InChI=1S/C19H16N2OS2/c1-13-17(24-18(20-13)14-8-4-2-5-9-14)19-21(16(22)12-23-19)15-10-6-3-7-11-15/h2-11,19H,12H2,1H3. The van der Waals surface area contributed by atoms with Gasteiger partial charge in [0.2, 0.25) is 5.91 Å². The number of carbonyl (C=O) groups excluding carboxylic acids is 1. The van der Waals surface area contributed by atoms with Crippen LogP contribution in [0.4, 0.5) is 5.69 Å². The minimum atomic E-state index is 0.00913. The number of aryl methyl sites for hydroxylation is 1. The molecule has 1 unspecified atom stereocenters. The van der Waals surface area contributed by atoms with E-state index in [0.29, 0.717) is 5.75 Å². The molecule has 24 heavy (non-hydrogen) atoms. The van der Waals surface area contributed by atoms with Crippen molar-refractivity contribution in [3.8, 4) is 10.6 Å². The van der Waals surface area contributed by atoms with E-state index < -0.39 is 0 Å². The van der Waals surface area contributed by atoms with E-state index in [0.717, 1.165) is 26.8 Å². The molecule has 2 heterocycles. The maximum atomic E-state index is 12.4. The van der Waals surface area contributed by atoms with Crippen molar-refractivity contribution in [2.75, 3.05) is 10.7 Å². The molecule has 0 N–H and O–H groups in total. The van der Waals surface area contributed by atoms with Crippen molar-refractivity contribution >= 4 is 34.7 Å². The molecule has 5 heteroatoms. The van der Waals surface area contributed by atoms with Gasteiger partial charge in [-0.2, -0.15) is 0 Å². The van der Waals surface area contributed by atoms with Crippen LogP contribution in [-0.4, -0.2) is 16.6 Å². The second kappa shape index (κ2) is 6.42. The van der Waals surface area contributed by atoms with Gasteiger partial charge in [-0.1, -0.05) is 48.5 Å². The molecule has 0 saturated carbocycles. The van der Waals surface area contributed by atoms with E-state index in [1.165, 1.54) is 0 Å². The van der Waals surface area contributed by atoms with Crippen LogP contribution in [0.15, 0.2) is 60.7 Å². The number of carbonyl (C=O) groups is 1. The highest BCUT2D eigenvalue weighted by atomic mass is 32.2. The Bertz CT molecular complexity index is 862. The lowest BCUT2D eigenvalue weighted by Gasteiger charge is -2.23. The van der Waals surface area contributed by atoms with E-state index in [1.54, 1.807) is 23.1 Å². The molecule has 1 fully saturated rings. The number of anilines is 1. The number of thiazole rings is 1. The monoisotopic (exact) mass is 352 g/mol. The minimum Gasteiger partial charge on any atom is -0.294 e. The highest BCUT2D eigenvalue weighted by Gasteiger charge is 2.36. The quantitative estimate of drug-likeness (QED) is 0.672. The average molecular weight is 352 g/mol. The van der Waals surface area contributed by atoms with Crippen molar-refractivity contribution in [1.82, 2.24) is 4.98 Å². The number of hydrogen-bond donors (Lipinski definition) is 0. The van der Waals surface area contributed by atoms with Gasteiger partial charge in [0.1, 0.15) is 10.4 Å². The van der Waals surface area contributed by atoms with E-state index in [2.05, 4.69) is 12.1 Å². The Labute approximate surface area is 149 Å². The van der Waals surface area contributed by atoms with E-state index in [4.69, 9.17) is 4.98 Å². The maximum absolute atomic E-state index is 12.4. The van der Waals surface area contributed by atoms with Crippen LogP contribution in [0.1, 0.15) is 15.9 Å². The van der Waals surface area contributed by atoms with Gasteiger partial charge in [-0.15, -0.1) is 23.1 Å². The molecule has 0 radical (unpaired) electrons. The Balaban J connectivity index is 1.73. The van der Waals surface area contributed by atoms with Gasteiger partial charge in [-0.25, -0.2) is 4.98 Å². The molecule has 120 valence electrons. The molecule has 1 aromatic heterocycles. The molecule has 1 amide bonds. The van der Waals surface area contributed by atoms with Crippen molar-refractivity contribution in [3.63, 3.8) is 0 Å². The third-order valence-electron chi connectivity index (χ3n) is 3.98. The van der Waals surface area contributed by atoms with Crippen LogP contribution in [0.5, 0.6) is 0 Å². The average Bonchev–Trinajstić information content (AvgIpc) is 3.19. The number of nitrogens with zero attached hydrogens (tertiary/aromatic N) is 2. The van der Waals surface area contributed by atoms with Crippen LogP contribution >= 0.6 is 23.1 Å². The fourth-order valence-electron chi connectivity index (χ4n) is 2.83. The molecule has 3 nitrogen and oxygen atoms in total. The Morgan fingerprint density at radius 3 is 2.42 bits per heavy atom. The van der Waals surface area contributed by atoms with Crippen LogP contribution in [0, 0.1) is 6.92 Å². The van der Waals surface area contributed by atoms with Crippen LogP contribution in [0.25, 0.3) is 10.6 Å². The van der Waals surface area contributed by atoms with E-state index >= 15 is 0 Å². The van der Waals surface area contributed by atoms with Gasteiger partial charge in [0, 0.05) is 11.3 Å². The smallest absolute Gasteiger partial charge is 0.238 e. The summed E-state index contributed by atoms with van der Waals surface area (Å²) in [5.74, 6) is 0.669. The highest BCUT2D eigenvalue weighted by Crippen LogP contribution is 2.46. The second-order valence-electron chi connectivity index (χ2n) is 5.60. The number of para-hydroxylation sites is 1. The number of thioether (sulfide) groups is 1. The molecule has 0 aliphatic carbocycles. The van der Waals surface area contributed by atoms with Crippen molar-refractivity contribution in [2.45, 2.75) is 12.3 Å². The first-order valence-electron chi connectivity index (χ1n) is 7.75. The molecule has 0 bridgehead atoms. The highest BCUT2D eigenvalue weighted by molar-refractivity contribution is 8.01. The SMILES string of the molecule is Cc1nc(-c2ccccc2)sc1C1SCC(=O)N1c1ccccc1. The van der Waals surface area contributed by atoms with Gasteiger partial charge in [0.25, 0.3) is 0 Å². The molecular weight excluding hydrogens is 336 g/mol. The molecule has 3 aromatic rings. The lowest BCUT2D eigenvalue weighted by molar-refractivity contribution is -0.115. The first-order valence-corrected chi connectivity index (χ1v) is 9.62. The summed E-state index contributed by atoms with van der Waals surface area (Å²) in [5, 5.41) is 1.02. The van der Waals surface area contributed by atoms with Crippen LogP contribution in [0.3, 0.4) is 0 Å². The zero-order valence-electron chi connectivity index (χ0n) is 13.2. The lowest BCUT2D eigenvalue weighted by Crippen LogP contribution is -2.27. The van der Waals surface area contributed by atoms with E-state index in [1.807, 2.05) is 60.4 Å². The second-order valence-corrected chi connectivity index (χ2v) is 7.70. The third-order valence-corrected chi connectivity index (χ3v) is 6.56. The van der Waals surface area contributed by atoms with Crippen molar-refractivity contribution in [3.05, 3.63) is 71.2 Å². The zero-order valence-corrected chi connectivity index (χ0v) is 14.8. The Morgan fingerprint density at radius 1 is 1.04 bits per heavy atom. The van der Waals surface area contributed by atoms with Gasteiger partial charge in [0.05, 0.1) is 16.3 Å². The number of benzene rings is 2. The summed E-state index contributed by atoms with van der Waals surface area (Å²) < 4.78 is 0. The summed E-state index contributed by atoms with van der Waals surface area (Å²) in [6.45, 7) is 2.03. The van der Waals surface area contributed by atoms with E-state index in [9.17, 15) is 4.79 Å². The Hall–Kier alpha value is -2.11. The normalized spacial score (nSPS) is 17.5. The van der Waals surface area contributed by atoms with Crippen LogP contribution in [0.2, 0.25) is 0 Å². The maximum Gasteiger partial charge on any atom is 0.238 e. The number of aromatic nitrogens is 1. The molecule has 2 aromatic carbocycles. The fraction of sp³-hybridized carbons (Fsp3) is 0.158. The van der Waals surface area contributed by atoms with Gasteiger partial charge >= 0.3 is 0 Å². The van der Waals surface area contributed by atoms with E-state index in [-0.39, 0.29) is 11.3 Å². The topological polar surface area (TPSA) is 33.2 Å². The molecule has 1 atom stereocenters. The first kappa shape index (κ1) is 15.4.